The van der Waals surface area contributed by atoms with Gasteiger partial charge in [0, 0.05) is 46.7 Å². The smallest absolute Gasteiger partial charge is 0.226 e. The number of nitrogens with one attached hydrogen (secondary N) is 1. The topological polar surface area (TPSA) is 74.6 Å². The lowest BCUT2D eigenvalue weighted by atomic mass is 9.98. The van der Waals surface area contributed by atoms with Crippen molar-refractivity contribution in [2.24, 2.45) is 5.92 Å². The molecular formula is C16H27N3O4. The fraction of sp³-hybridized carbons (Fsp3) is 0.750. The fourth-order valence-electron chi connectivity index (χ4n) is 2.74. The van der Waals surface area contributed by atoms with E-state index in [1.807, 2.05) is 17.7 Å². The van der Waals surface area contributed by atoms with Gasteiger partial charge in [-0.2, -0.15) is 5.10 Å². The van der Waals surface area contributed by atoms with Gasteiger partial charge in [0.25, 0.3) is 0 Å². The van der Waals surface area contributed by atoms with Gasteiger partial charge in [0.15, 0.2) is 0 Å². The monoisotopic (exact) mass is 325 g/mol. The molecule has 1 aliphatic rings. The van der Waals surface area contributed by atoms with Gasteiger partial charge in [-0.05, 0) is 25.8 Å². The highest BCUT2D eigenvalue weighted by Gasteiger charge is 2.37. The van der Waals surface area contributed by atoms with Gasteiger partial charge in [-0.25, -0.2) is 0 Å². The Morgan fingerprint density at radius 2 is 2.39 bits per heavy atom. The van der Waals surface area contributed by atoms with Gasteiger partial charge < -0.3 is 19.5 Å². The summed E-state index contributed by atoms with van der Waals surface area (Å²) in [6.07, 6.45) is 3.12. The van der Waals surface area contributed by atoms with Crippen LogP contribution in [0.25, 0.3) is 0 Å². The first-order chi connectivity index (χ1) is 11.2. The molecule has 23 heavy (non-hydrogen) atoms. The van der Waals surface area contributed by atoms with E-state index in [2.05, 4.69) is 10.4 Å². The highest BCUT2D eigenvalue weighted by atomic mass is 16.5. The Balaban J connectivity index is 1.98. The zero-order chi connectivity index (χ0) is 16.7. The quantitative estimate of drug-likeness (QED) is 0.689. The van der Waals surface area contributed by atoms with Crippen LogP contribution in [0, 0.1) is 5.92 Å². The molecule has 2 rings (SSSR count). The second kappa shape index (κ2) is 9.00. The van der Waals surface area contributed by atoms with Crippen LogP contribution in [0.4, 0.5) is 0 Å². The lowest BCUT2D eigenvalue weighted by Crippen LogP contribution is -2.37. The van der Waals surface area contributed by atoms with Crippen LogP contribution in [0.3, 0.4) is 0 Å². The molecular weight excluding hydrogens is 298 g/mol. The van der Waals surface area contributed by atoms with E-state index in [-0.39, 0.29) is 24.0 Å². The Kier molecular flexibility index (Phi) is 7.01. The summed E-state index contributed by atoms with van der Waals surface area (Å²) in [6.45, 7) is 4.46. The molecule has 0 aliphatic carbocycles. The summed E-state index contributed by atoms with van der Waals surface area (Å²) in [5, 5.41) is 7.29. The maximum atomic E-state index is 12.4. The molecule has 0 radical (unpaired) electrons. The minimum absolute atomic E-state index is 0.000654. The maximum absolute atomic E-state index is 12.4. The fourth-order valence-corrected chi connectivity index (χ4v) is 2.74. The van der Waals surface area contributed by atoms with Crippen molar-refractivity contribution < 1.29 is 19.0 Å². The molecule has 3 atom stereocenters. The molecule has 1 aliphatic heterocycles. The Morgan fingerprint density at radius 1 is 1.57 bits per heavy atom. The number of aromatic nitrogens is 2. The minimum Gasteiger partial charge on any atom is -0.385 e. The van der Waals surface area contributed by atoms with E-state index in [9.17, 15) is 4.79 Å². The number of hydrogen-bond donors (Lipinski definition) is 1. The van der Waals surface area contributed by atoms with Gasteiger partial charge in [0.2, 0.25) is 5.91 Å². The van der Waals surface area contributed by atoms with Crippen LogP contribution in [0.15, 0.2) is 12.3 Å². The second-order valence-corrected chi connectivity index (χ2v) is 5.80. The number of carbonyl (C=O) groups is 1. The normalized spacial score (nSPS) is 22.2. The van der Waals surface area contributed by atoms with E-state index >= 15 is 0 Å². The van der Waals surface area contributed by atoms with E-state index in [1.165, 1.54) is 0 Å². The minimum atomic E-state index is -0.238. The SMILES string of the molecule is COCCCn1nccc1[C@H]1OCC[C@@H]1C(=O)NC[C@H](C)OC. The van der Waals surface area contributed by atoms with Crippen LogP contribution in [-0.4, -0.2) is 55.8 Å². The van der Waals surface area contributed by atoms with Crippen molar-refractivity contribution in [1.29, 1.82) is 0 Å². The van der Waals surface area contributed by atoms with Gasteiger partial charge in [-0.1, -0.05) is 0 Å². The van der Waals surface area contributed by atoms with Gasteiger partial charge >= 0.3 is 0 Å². The summed E-state index contributed by atoms with van der Waals surface area (Å²) in [5.74, 6) is -0.169. The van der Waals surface area contributed by atoms with E-state index in [4.69, 9.17) is 14.2 Å². The lowest BCUT2D eigenvalue weighted by molar-refractivity contribution is -0.127. The number of methoxy groups -OCH3 is 2. The summed E-state index contributed by atoms with van der Waals surface area (Å²) >= 11 is 0. The van der Waals surface area contributed by atoms with Crippen molar-refractivity contribution in [3.8, 4) is 0 Å². The summed E-state index contributed by atoms with van der Waals surface area (Å²) in [5.41, 5.74) is 0.957. The van der Waals surface area contributed by atoms with Gasteiger partial charge in [0.1, 0.15) is 6.10 Å². The molecule has 2 heterocycles. The number of rotatable bonds is 9. The molecule has 7 heteroatoms. The third kappa shape index (κ3) is 4.76. The van der Waals surface area contributed by atoms with Crippen molar-refractivity contribution in [2.45, 2.75) is 38.5 Å². The van der Waals surface area contributed by atoms with Crippen molar-refractivity contribution in [2.75, 3.05) is 34.0 Å². The first-order valence-corrected chi connectivity index (χ1v) is 8.10. The molecule has 1 amide bonds. The van der Waals surface area contributed by atoms with E-state index < -0.39 is 0 Å². The predicted octanol–water partition coefficient (Wildman–Crippen LogP) is 1.15. The molecule has 130 valence electrons. The van der Waals surface area contributed by atoms with Crippen LogP contribution < -0.4 is 5.32 Å². The largest absolute Gasteiger partial charge is 0.385 e. The van der Waals surface area contributed by atoms with Crippen LogP contribution in [0.5, 0.6) is 0 Å². The van der Waals surface area contributed by atoms with E-state index in [0.717, 1.165) is 25.1 Å². The molecule has 7 nitrogen and oxygen atoms in total. The van der Waals surface area contributed by atoms with Crippen LogP contribution in [-0.2, 0) is 25.5 Å². The molecule has 0 unspecified atom stereocenters. The summed E-state index contributed by atoms with van der Waals surface area (Å²) in [4.78, 5) is 12.4. The Bertz CT molecular complexity index is 491. The zero-order valence-corrected chi connectivity index (χ0v) is 14.2. The van der Waals surface area contributed by atoms with Crippen LogP contribution in [0.2, 0.25) is 0 Å². The number of nitrogens with zero attached hydrogens (tertiary/aromatic N) is 2. The molecule has 0 bridgehead atoms. The van der Waals surface area contributed by atoms with Gasteiger partial charge in [-0.3, -0.25) is 9.48 Å². The number of aryl methyl sites for hydroxylation is 1. The third-order valence-electron chi connectivity index (χ3n) is 4.15. The lowest BCUT2D eigenvalue weighted by Gasteiger charge is -2.20. The molecule has 0 spiro atoms. The average molecular weight is 325 g/mol. The molecule has 0 saturated carbocycles. The highest BCUT2D eigenvalue weighted by Crippen LogP contribution is 2.34. The van der Waals surface area contributed by atoms with Crippen LogP contribution in [0.1, 0.15) is 31.6 Å². The molecule has 1 aromatic rings. The number of hydrogen-bond acceptors (Lipinski definition) is 5. The van der Waals surface area contributed by atoms with Gasteiger partial charge in [-0.15, -0.1) is 0 Å². The Hall–Kier alpha value is -1.44. The van der Waals surface area contributed by atoms with Gasteiger partial charge in [0.05, 0.1) is 17.7 Å². The van der Waals surface area contributed by atoms with Crippen molar-refractivity contribution in [3.05, 3.63) is 18.0 Å². The average Bonchev–Trinajstić information content (AvgIpc) is 3.20. The first-order valence-electron chi connectivity index (χ1n) is 8.10. The zero-order valence-electron chi connectivity index (χ0n) is 14.2. The Labute approximate surface area is 137 Å². The first kappa shape index (κ1) is 17.9. The number of ether oxygens (including phenoxy) is 3. The van der Waals surface area contributed by atoms with Crippen molar-refractivity contribution in [3.63, 3.8) is 0 Å². The van der Waals surface area contributed by atoms with E-state index in [1.54, 1.807) is 20.4 Å². The Morgan fingerprint density at radius 3 is 3.13 bits per heavy atom. The standard InChI is InChI=1S/C16H27N3O4/c1-12(22-3)11-17-16(20)13-6-10-23-15(13)14-5-7-18-19(14)8-4-9-21-2/h5,7,12-13,15H,4,6,8-11H2,1-3H3,(H,17,20)/t12-,13-,15-/m0/s1. The molecule has 1 fully saturated rings. The summed E-state index contributed by atoms with van der Waals surface area (Å²) < 4.78 is 18.0. The predicted molar refractivity (Wildman–Crippen MR) is 85.0 cm³/mol. The van der Waals surface area contributed by atoms with E-state index in [0.29, 0.717) is 19.8 Å². The molecule has 1 N–H and O–H groups in total. The third-order valence-corrected chi connectivity index (χ3v) is 4.15. The summed E-state index contributed by atoms with van der Waals surface area (Å²) in [6, 6.07) is 1.93. The number of carbonyl (C=O) groups excluding carboxylic acids is 1. The summed E-state index contributed by atoms with van der Waals surface area (Å²) in [7, 11) is 3.32. The molecule has 1 saturated heterocycles. The van der Waals surface area contributed by atoms with Crippen molar-refractivity contribution in [1.82, 2.24) is 15.1 Å². The number of amides is 1. The molecule has 1 aromatic heterocycles. The molecule has 0 aromatic carbocycles. The second-order valence-electron chi connectivity index (χ2n) is 5.80. The maximum Gasteiger partial charge on any atom is 0.226 e. The van der Waals surface area contributed by atoms with Crippen LogP contribution >= 0.6 is 0 Å². The van der Waals surface area contributed by atoms with Crippen molar-refractivity contribution >= 4 is 5.91 Å². The highest BCUT2D eigenvalue weighted by molar-refractivity contribution is 5.79.